The highest BCUT2D eigenvalue weighted by Crippen LogP contribution is 2.44. The van der Waals surface area contributed by atoms with Crippen LogP contribution in [0.3, 0.4) is 0 Å². The lowest BCUT2D eigenvalue weighted by atomic mass is 9.86. The first kappa shape index (κ1) is 14.6. The molecular weight excluding hydrogens is 280 g/mol. The third-order valence-corrected chi connectivity index (χ3v) is 3.98. The molecule has 2 aromatic carbocycles. The number of carbonyl (C=O) groups is 1. The lowest BCUT2D eigenvalue weighted by molar-refractivity contribution is -0.131. The molecule has 0 spiro atoms. The van der Waals surface area contributed by atoms with Crippen molar-refractivity contribution in [2.45, 2.75) is 25.9 Å². The summed E-state index contributed by atoms with van der Waals surface area (Å²) < 4.78 is 11.0. The predicted octanol–water partition coefficient (Wildman–Crippen LogP) is 3.13. The van der Waals surface area contributed by atoms with E-state index in [1.165, 1.54) is 6.92 Å². The largest absolute Gasteiger partial charge is 0.492 e. The molecule has 0 bridgehead atoms. The highest BCUT2D eigenvalue weighted by Gasteiger charge is 2.32. The summed E-state index contributed by atoms with van der Waals surface area (Å²) in [6.07, 6.45) is -0.642. The zero-order valence-electron chi connectivity index (χ0n) is 12.6. The minimum absolute atomic E-state index is 0.104. The quantitative estimate of drug-likeness (QED) is 0.683. The molecule has 114 valence electrons. The zero-order valence-corrected chi connectivity index (χ0v) is 12.6. The van der Waals surface area contributed by atoms with E-state index in [1.54, 1.807) is 12.1 Å². The van der Waals surface area contributed by atoms with Crippen LogP contribution in [-0.2, 0) is 4.79 Å². The van der Waals surface area contributed by atoms with Gasteiger partial charge in [-0.15, -0.1) is 0 Å². The van der Waals surface area contributed by atoms with Crippen molar-refractivity contribution in [2.75, 3.05) is 6.61 Å². The minimum atomic E-state index is -0.642. The third kappa shape index (κ3) is 2.57. The van der Waals surface area contributed by atoms with Crippen LogP contribution in [0.1, 0.15) is 35.6 Å². The molecule has 3 rings (SSSR count). The van der Waals surface area contributed by atoms with E-state index in [4.69, 9.17) is 9.47 Å². The fraction of sp³-hybridized carbons (Fsp3) is 0.278. The Labute approximate surface area is 129 Å². The number of rotatable bonds is 2. The van der Waals surface area contributed by atoms with Crippen LogP contribution in [0.15, 0.2) is 42.5 Å². The average molecular weight is 298 g/mol. The van der Waals surface area contributed by atoms with E-state index in [1.807, 2.05) is 37.3 Å². The zero-order chi connectivity index (χ0) is 15.7. The van der Waals surface area contributed by atoms with Gasteiger partial charge in [0.05, 0.1) is 12.7 Å². The summed E-state index contributed by atoms with van der Waals surface area (Å²) in [7, 11) is 0. The summed E-state index contributed by atoms with van der Waals surface area (Å²) in [4.78, 5) is 11.1. The van der Waals surface area contributed by atoms with Gasteiger partial charge in [-0.3, -0.25) is 4.79 Å². The minimum Gasteiger partial charge on any atom is -0.492 e. The first-order valence-electron chi connectivity index (χ1n) is 7.25. The first-order valence-corrected chi connectivity index (χ1v) is 7.25. The summed E-state index contributed by atoms with van der Waals surface area (Å²) in [5.41, 5.74) is 2.51. The Morgan fingerprint density at radius 3 is 2.64 bits per heavy atom. The fourth-order valence-electron chi connectivity index (χ4n) is 2.84. The number of esters is 1. The van der Waals surface area contributed by atoms with Crippen LogP contribution in [0.5, 0.6) is 11.5 Å². The van der Waals surface area contributed by atoms with E-state index in [9.17, 15) is 9.90 Å². The van der Waals surface area contributed by atoms with Crippen molar-refractivity contribution in [1.29, 1.82) is 0 Å². The monoisotopic (exact) mass is 298 g/mol. The topological polar surface area (TPSA) is 55.8 Å². The van der Waals surface area contributed by atoms with Crippen molar-refractivity contribution in [3.05, 3.63) is 59.2 Å². The molecule has 4 heteroatoms. The molecule has 2 atom stereocenters. The molecular formula is C18H18O4. The molecule has 22 heavy (non-hydrogen) atoms. The van der Waals surface area contributed by atoms with Gasteiger partial charge in [-0.25, -0.2) is 0 Å². The second-order valence-electron chi connectivity index (χ2n) is 5.47. The van der Waals surface area contributed by atoms with Gasteiger partial charge >= 0.3 is 5.97 Å². The molecule has 2 aromatic rings. The van der Waals surface area contributed by atoms with Gasteiger partial charge in [0.2, 0.25) is 0 Å². The van der Waals surface area contributed by atoms with E-state index >= 15 is 0 Å². The first-order chi connectivity index (χ1) is 10.6. The van der Waals surface area contributed by atoms with Crippen LogP contribution < -0.4 is 9.47 Å². The maximum Gasteiger partial charge on any atom is 0.308 e. The van der Waals surface area contributed by atoms with Crippen LogP contribution in [-0.4, -0.2) is 17.7 Å². The Kier molecular flexibility index (Phi) is 3.86. The maximum absolute atomic E-state index is 11.1. The molecule has 2 unspecified atom stereocenters. The van der Waals surface area contributed by atoms with Gasteiger partial charge in [0.25, 0.3) is 0 Å². The molecule has 0 radical (unpaired) electrons. The van der Waals surface area contributed by atoms with E-state index in [-0.39, 0.29) is 11.9 Å². The number of ether oxygens (including phenoxy) is 2. The number of fused-ring (bicyclic) bond motifs is 1. The Balaban J connectivity index is 1.96. The highest BCUT2D eigenvalue weighted by atomic mass is 16.5. The maximum atomic E-state index is 11.1. The molecule has 0 fully saturated rings. The predicted molar refractivity (Wildman–Crippen MR) is 82.1 cm³/mol. The number of carbonyl (C=O) groups excluding carboxylic acids is 1. The average Bonchev–Trinajstić information content (AvgIpc) is 2.51. The normalized spacial score (nSPS) is 20.0. The lowest BCUT2D eigenvalue weighted by Gasteiger charge is -2.32. The van der Waals surface area contributed by atoms with E-state index in [0.29, 0.717) is 18.1 Å². The molecule has 0 aromatic heterocycles. The van der Waals surface area contributed by atoms with E-state index < -0.39 is 6.10 Å². The summed E-state index contributed by atoms with van der Waals surface area (Å²) in [5.74, 6) is 0.601. The molecule has 0 saturated heterocycles. The standard InChI is InChI=1S/C18H18O4/c1-11-16(22-12(2)19)9-8-14-17(20)15(10-21-18(11)14)13-6-4-3-5-7-13/h3-9,15,17,20H,10H2,1-2H3. The highest BCUT2D eigenvalue weighted by molar-refractivity contribution is 5.70. The van der Waals surface area contributed by atoms with E-state index in [0.717, 1.165) is 16.7 Å². The molecule has 1 aliphatic heterocycles. The second kappa shape index (κ2) is 5.81. The van der Waals surface area contributed by atoms with Crippen LogP contribution >= 0.6 is 0 Å². The number of benzene rings is 2. The molecule has 0 amide bonds. The van der Waals surface area contributed by atoms with Gasteiger partial charge in [0.1, 0.15) is 11.5 Å². The van der Waals surface area contributed by atoms with Gasteiger partial charge in [-0.1, -0.05) is 30.3 Å². The molecule has 1 aliphatic rings. The summed E-state index contributed by atoms with van der Waals surface area (Å²) in [6.45, 7) is 3.58. The SMILES string of the molecule is CC(=O)Oc1ccc2c(c1C)OCC(c1ccccc1)C2O. The van der Waals surface area contributed by atoms with Crippen molar-refractivity contribution in [1.82, 2.24) is 0 Å². The second-order valence-corrected chi connectivity index (χ2v) is 5.47. The van der Waals surface area contributed by atoms with Gasteiger partial charge in [0, 0.05) is 24.0 Å². The van der Waals surface area contributed by atoms with Gasteiger partial charge in [0.15, 0.2) is 0 Å². The molecule has 0 saturated carbocycles. The van der Waals surface area contributed by atoms with Gasteiger partial charge in [-0.2, -0.15) is 0 Å². The van der Waals surface area contributed by atoms with E-state index in [2.05, 4.69) is 0 Å². The van der Waals surface area contributed by atoms with Crippen molar-refractivity contribution in [3.8, 4) is 11.5 Å². The number of hydrogen-bond donors (Lipinski definition) is 1. The smallest absolute Gasteiger partial charge is 0.308 e. The molecule has 1 heterocycles. The summed E-state index contributed by atoms with van der Waals surface area (Å²) in [5, 5.41) is 10.7. The van der Waals surface area contributed by atoms with Crippen molar-refractivity contribution >= 4 is 5.97 Å². The van der Waals surface area contributed by atoms with Gasteiger partial charge < -0.3 is 14.6 Å². The Hall–Kier alpha value is -2.33. The molecule has 1 N–H and O–H groups in total. The van der Waals surface area contributed by atoms with Crippen LogP contribution in [0.4, 0.5) is 0 Å². The van der Waals surface area contributed by atoms with Crippen LogP contribution in [0.2, 0.25) is 0 Å². The van der Waals surface area contributed by atoms with Crippen molar-refractivity contribution < 1.29 is 19.4 Å². The number of aliphatic hydroxyl groups is 1. The van der Waals surface area contributed by atoms with Crippen LogP contribution in [0, 0.1) is 6.92 Å². The van der Waals surface area contributed by atoms with Gasteiger partial charge in [-0.05, 0) is 24.6 Å². The summed E-state index contributed by atoms with van der Waals surface area (Å²) in [6, 6.07) is 13.3. The Bertz CT molecular complexity index is 694. The Morgan fingerprint density at radius 1 is 1.23 bits per heavy atom. The Morgan fingerprint density at radius 2 is 1.95 bits per heavy atom. The fourth-order valence-corrected chi connectivity index (χ4v) is 2.84. The third-order valence-electron chi connectivity index (χ3n) is 3.98. The number of hydrogen-bond acceptors (Lipinski definition) is 4. The van der Waals surface area contributed by atoms with Crippen LogP contribution in [0.25, 0.3) is 0 Å². The number of aliphatic hydroxyl groups excluding tert-OH is 1. The lowest BCUT2D eigenvalue weighted by Crippen LogP contribution is -2.25. The molecule has 0 aliphatic carbocycles. The van der Waals surface area contributed by atoms with Crippen molar-refractivity contribution in [3.63, 3.8) is 0 Å². The van der Waals surface area contributed by atoms with Crippen molar-refractivity contribution in [2.24, 2.45) is 0 Å². The summed E-state index contributed by atoms with van der Waals surface area (Å²) >= 11 is 0. The molecule has 4 nitrogen and oxygen atoms in total.